The molecule has 7 nitrogen and oxygen atoms in total. The number of fused-ring (bicyclic) bond motifs is 2. The molecule has 0 spiro atoms. The fourth-order valence-corrected chi connectivity index (χ4v) is 3.76. The van der Waals surface area contributed by atoms with E-state index < -0.39 is 0 Å². The Morgan fingerprint density at radius 1 is 1.03 bits per heavy atom. The van der Waals surface area contributed by atoms with Crippen LogP contribution in [0.2, 0.25) is 0 Å². The second kappa shape index (κ2) is 11.2. The normalized spacial score (nSPS) is 14.1. The Bertz CT molecular complexity index is 910. The molecule has 0 fully saturated rings. The molecule has 0 unspecified atom stereocenters. The maximum Gasteiger partial charge on any atom is 0.231 e. The number of ether oxygens (including phenoxy) is 2. The zero-order chi connectivity index (χ0) is 20.8. The molecule has 1 amide bonds. The van der Waals surface area contributed by atoms with Gasteiger partial charge in [-0.15, -0.1) is 24.0 Å². The first-order valence-electron chi connectivity index (χ1n) is 10.4. The molecular formula is C23H29IN4O3. The average molecular weight is 536 g/mol. The Morgan fingerprint density at radius 3 is 2.48 bits per heavy atom. The van der Waals surface area contributed by atoms with Crippen molar-refractivity contribution >= 4 is 35.8 Å². The van der Waals surface area contributed by atoms with E-state index in [1.54, 1.807) is 7.05 Å². The number of amides is 1. The molecular weight excluding hydrogens is 507 g/mol. The van der Waals surface area contributed by atoms with Crippen molar-refractivity contribution < 1.29 is 14.3 Å². The van der Waals surface area contributed by atoms with Crippen molar-refractivity contribution in [2.45, 2.75) is 32.4 Å². The van der Waals surface area contributed by atoms with E-state index in [-0.39, 0.29) is 29.9 Å². The summed E-state index contributed by atoms with van der Waals surface area (Å²) in [6.07, 6.45) is 2.16. The molecule has 0 aromatic heterocycles. The van der Waals surface area contributed by atoms with Gasteiger partial charge >= 0.3 is 0 Å². The summed E-state index contributed by atoms with van der Waals surface area (Å²) < 4.78 is 10.8. The van der Waals surface area contributed by atoms with E-state index in [1.807, 2.05) is 35.2 Å². The summed E-state index contributed by atoms with van der Waals surface area (Å²) in [5, 5.41) is 6.60. The van der Waals surface area contributed by atoms with E-state index in [9.17, 15) is 4.79 Å². The van der Waals surface area contributed by atoms with Crippen LogP contribution in [0.25, 0.3) is 0 Å². The van der Waals surface area contributed by atoms with Gasteiger partial charge in [0.05, 0.1) is 0 Å². The minimum absolute atomic E-state index is 0. The molecule has 166 valence electrons. The van der Waals surface area contributed by atoms with E-state index in [2.05, 4.69) is 27.8 Å². The van der Waals surface area contributed by atoms with Crippen LogP contribution < -0.4 is 20.1 Å². The SMILES string of the molecule is CN=C(NCCCC(=O)N1Cc2ccccc2C1)NCCc1ccc2c(c1)OCO2.I. The van der Waals surface area contributed by atoms with Gasteiger partial charge in [-0.2, -0.15) is 0 Å². The number of aliphatic imine (C=N–C) groups is 1. The van der Waals surface area contributed by atoms with Crippen LogP contribution in [0.4, 0.5) is 0 Å². The molecule has 2 aromatic rings. The average Bonchev–Trinajstić information content (AvgIpc) is 3.41. The maximum absolute atomic E-state index is 12.5. The fourth-order valence-electron chi connectivity index (χ4n) is 3.76. The number of carbonyl (C=O) groups is 1. The Kier molecular flexibility index (Phi) is 8.39. The molecule has 4 rings (SSSR count). The lowest BCUT2D eigenvalue weighted by molar-refractivity contribution is -0.131. The first-order chi connectivity index (χ1) is 14.7. The van der Waals surface area contributed by atoms with Gasteiger partial charge in [-0.1, -0.05) is 30.3 Å². The monoisotopic (exact) mass is 536 g/mol. The molecule has 0 atom stereocenters. The second-order valence-corrected chi connectivity index (χ2v) is 7.49. The molecule has 0 bridgehead atoms. The lowest BCUT2D eigenvalue weighted by atomic mass is 10.1. The van der Waals surface area contributed by atoms with Gasteiger partial charge in [-0.3, -0.25) is 9.79 Å². The molecule has 0 saturated heterocycles. The highest BCUT2D eigenvalue weighted by Gasteiger charge is 2.22. The number of halogens is 1. The van der Waals surface area contributed by atoms with Gasteiger partial charge in [0.1, 0.15) is 0 Å². The molecule has 31 heavy (non-hydrogen) atoms. The summed E-state index contributed by atoms with van der Waals surface area (Å²) in [7, 11) is 1.75. The van der Waals surface area contributed by atoms with Crippen molar-refractivity contribution in [1.82, 2.24) is 15.5 Å². The summed E-state index contributed by atoms with van der Waals surface area (Å²) in [4.78, 5) is 18.7. The number of rotatable bonds is 7. The minimum atomic E-state index is 0. The summed E-state index contributed by atoms with van der Waals surface area (Å²) in [5.41, 5.74) is 3.70. The van der Waals surface area contributed by atoms with Gasteiger partial charge in [0.25, 0.3) is 0 Å². The number of nitrogens with zero attached hydrogens (tertiary/aromatic N) is 2. The molecule has 0 aliphatic carbocycles. The highest BCUT2D eigenvalue weighted by molar-refractivity contribution is 14.0. The van der Waals surface area contributed by atoms with Crippen molar-refractivity contribution in [1.29, 1.82) is 0 Å². The lowest BCUT2D eigenvalue weighted by Crippen LogP contribution is -2.39. The summed E-state index contributed by atoms with van der Waals surface area (Å²) in [6, 6.07) is 14.3. The van der Waals surface area contributed by atoms with Crippen molar-refractivity contribution in [2.24, 2.45) is 4.99 Å². The van der Waals surface area contributed by atoms with E-state index >= 15 is 0 Å². The highest BCUT2D eigenvalue weighted by atomic mass is 127. The third-order valence-corrected chi connectivity index (χ3v) is 5.42. The fraction of sp³-hybridized carbons (Fsp3) is 0.391. The van der Waals surface area contributed by atoms with Crippen molar-refractivity contribution in [3.63, 3.8) is 0 Å². The van der Waals surface area contributed by atoms with Crippen LogP contribution in [0, 0.1) is 0 Å². The third kappa shape index (κ3) is 6.03. The number of carbonyl (C=O) groups excluding carboxylic acids is 1. The number of hydrogen-bond acceptors (Lipinski definition) is 4. The zero-order valence-corrected chi connectivity index (χ0v) is 20.1. The van der Waals surface area contributed by atoms with Crippen molar-refractivity contribution in [3.8, 4) is 11.5 Å². The summed E-state index contributed by atoms with van der Waals surface area (Å²) >= 11 is 0. The smallest absolute Gasteiger partial charge is 0.231 e. The van der Waals surface area contributed by atoms with E-state index in [0.29, 0.717) is 19.8 Å². The first-order valence-corrected chi connectivity index (χ1v) is 10.4. The summed E-state index contributed by atoms with van der Waals surface area (Å²) in [6.45, 7) is 3.21. The predicted octanol–water partition coefficient (Wildman–Crippen LogP) is 3.06. The molecule has 0 radical (unpaired) electrons. The number of hydrogen-bond donors (Lipinski definition) is 2. The van der Waals surface area contributed by atoms with Gasteiger partial charge in [0.2, 0.25) is 12.7 Å². The van der Waals surface area contributed by atoms with Crippen LogP contribution in [-0.2, 0) is 24.3 Å². The van der Waals surface area contributed by atoms with Gasteiger partial charge in [0, 0.05) is 39.6 Å². The van der Waals surface area contributed by atoms with Gasteiger partial charge in [-0.25, -0.2) is 0 Å². The molecule has 2 heterocycles. The van der Waals surface area contributed by atoms with Gasteiger partial charge in [-0.05, 0) is 41.7 Å². The lowest BCUT2D eigenvalue weighted by Gasteiger charge is -2.16. The summed E-state index contributed by atoms with van der Waals surface area (Å²) in [5.74, 6) is 2.56. The van der Waals surface area contributed by atoms with E-state index in [1.165, 1.54) is 16.7 Å². The molecule has 2 aliphatic rings. The zero-order valence-electron chi connectivity index (χ0n) is 17.7. The molecule has 8 heteroatoms. The second-order valence-electron chi connectivity index (χ2n) is 7.49. The molecule has 2 aromatic carbocycles. The van der Waals surface area contributed by atoms with Crippen LogP contribution in [0.5, 0.6) is 11.5 Å². The number of guanidine groups is 1. The van der Waals surface area contributed by atoms with Crippen LogP contribution in [-0.4, -0.2) is 43.7 Å². The Morgan fingerprint density at radius 2 is 1.74 bits per heavy atom. The van der Waals surface area contributed by atoms with Crippen LogP contribution >= 0.6 is 24.0 Å². The quantitative estimate of drug-likeness (QED) is 0.246. The largest absolute Gasteiger partial charge is 0.454 e. The van der Waals surface area contributed by atoms with E-state index in [4.69, 9.17) is 9.47 Å². The van der Waals surface area contributed by atoms with Gasteiger partial charge in [0.15, 0.2) is 17.5 Å². The number of benzene rings is 2. The minimum Gasteiger partial charge on any atom is -0.454 e. The van der Waals surface area contributed by atoms with Crippen LogP contribution in [0.3, 0.4) is 0 Å². The Labute approximate surface area is 200 Å². The Hall–Kier alpha value is -2.49. The number of nitrogens with one attached hydrogen (secondary N) is 2. The molecule has 2 aliphatic heterocycles. The molecule has 2 N–H and O–H groups in total. The standard InChI is InChI=1S/C23H28N4O3.HI/c1-24-23(26-12-10-17-8-9-20-21(13-17)30-16-29-20)25-11-4-7-22(28)27-14-18-5-2-3-6-19(18)15-27;/h2-3,5-6,8-9,13H,4,7,10-12,14-16H2,1H3,(H2,24,25,26);1H. The predicted molar refractivity (Wildman–Crippen MR) is 131 cm³/mol. The highest BCUT2D eigenvalue weighted by Crippen LogP contribution is 2.32. The van der Waals surface area contributed by atoms with Crippen molar-refractivity contribution in [2.75, 3.05) is 26.9 Å². The maximum atomic E-state index is 12.5. The van der Waals surface area contributed by atoms with Crippen molar-refractivity contribution in [3.05, 3.63) is 59.2 Å². The topological polar surface area (TPSA) is 75.2 Å². The van der Waals surface area contributed by atoms with Gasteiger partial charge < -0.3 is 25.0 Å². The molecule has 0 saturated carbocycles. The third-order valence-electron chi connectivity index (χ3n) is 5.42. The van der Waals surface area contributed by atoms with Crippen LogP contribution in [0.1, 0.15) is 29.5 Å². The van der Waals surface area contributed by atoms with Crippen LogP contribution in [0.15, 0.2) is 47.5 Å². The first kappa shape index (κ1) is 23.2. The van der Waals surface area contributed by atoms with E-state index in [0.717, 1.165) is 49.9 Å². The Balaban J connectivity index is 0.00000272.